The topological polar surface area (TPSA) is 59.0 Å². The molecule has 2 saturated heterocycles. The molecule has 2 aliphatic rings. The highest BCUT2D eigenvalue weighted by atomic mass is 16.3. The molecule has 0 aliphatic carbocycles. The highest BCUT2D eigenvalue weighted by molar-refractivity contribution is 5.45. The van der Waals surface area contributed by atoms with Crippen molar-refractivity contribution >= 4 is 11.6 Å². The molecule has 0 aromatic carbocycles. The predicted molar refractivity (Wildman–Crippen MR) is 96.7 cm³/mol. The zero-order valence-corrected chi connectivity index (χ0v) is 14.9. The van der Waals surface area contributed by atoms with Gasteiger partial charge >= 0.3 is 0 Å². The molecule has 0 unspecified atom stereocenters. The molecule has 3 heterocycles. The van der Waals surface area contributed by atoms with Crippen LogP contribution in [0.4, 0.5) is 11.6 Å². The molecule has 7 heteroatoms. The molecular weight excluding hydrogens is 304 g/mol. The minimum Gasteiger partial charge on any atom is -0.395 e. The molecule has 2 aliphatic heterocycles. The highest BCUT2D eigenvalue weighted by Gasteiger charge is 2.21. The maximum Gasteiger partial charge on any atom is 0.151 e. The SMILES string of the molecule is CC(C)N1CCN(c2ccc(N3CCN(CCO)CC3)nn2)CC1. The van der Waals surface area contributed by atoms with Gasteiger partial charge in [-0.25, -0.2) is 0 Å². The first-order chi connectivity index (χ1) is 11.7. The first-order valence-corrected chi connectivity index (χ1v) is 9.08. The summed E-state index contributed by atoms with van der Waals surface area (Å²) in [5.41, 5.74) is 0. The summed E-state index contributed by atoms with van der Waals surface area (Å²) in [4.78, 5) is 9.40. The van der Waals surface area contributed by atoms with Gasteiger partial charge < -0.3 is 14.9 Å². The number of piperazine rings is 2. The second-order valence-electron chi connectivity index (χ2n) is 6.92. The van der Waals surface area contributed by atoms with Crippen LogP contribution in [0.1, 0.15) is 13.8 Å². The van der Waals surface area contributed by atoms with E-state index in [1.165, 1.54) is 0 Å². The number of aliphatic hydroxyl groups excluding tert-OH is 1. The molecule has 0 saturated carbocycles. The fourth-order valence-corrected chi connectivity index (χ4v) is 3.46. The van der Waals surface area contributed by atoms with E-state index in [0.717, 1.165) is 70.5 Å². The third-order valence-corrected chi connectivity index (χ3v) is 5.12. The highest BCUT2D eigenvalue weighted by Crippen LogP contribution is 2.18. The summed E-state index contributed by atoms with van der Waals surface area (Å²) >= 11 is 0. The van der Waals surface area contributed by atoms with Crippen molar-refractivity contribution in [3.05, 3.63) is 12.1 Å². The van der Waals surface area contributed by atoms with Crippen LogP contribution in [0.5, 0.6) is 0 Å². The Morgan fingerprint density at radius 1 is 0.875 bits per heavy atom. The van der Waals surface area contributed by atoms with Crippen LogP contribution in [-0.4, -0.2) is 96.7 Å². The zero-order valence-electron chi connectivity index (χ0n) is 14.9. The lowest BCUT2D eigenvalue weighted by molar-refractivity contribution is 0.188. The minimum absolute atomic E-state index is 0.235. The number of hydrogen-bond acceptors (Lipinski definition) is 7. The fraction of sp³-hybridized carbons (Fsp3) is 0.765. The number of rotatable bonds is 5. The number of anilines is 2. The Balaban J connectivity index is 1.53. The third kappa shape index (κ3) is 4.15. The van der Waals surface area contributed by atoms with Crippen LogP contribution in [0.3, 0.4) is 0 Å². The number of nitrogens with zero attached hydrogens (tertiary/aromatic N) is 6. The van der Waals surface area contributed by atoms with Gasteiger partial charge in [-0.3, -0.25) is 9.80 Å². The number of β-amino-alcohol motifs (C(OH)–C–C–N with tert-alkyl or cyclic N) is 1. The van der Waals surface area contributed by atoms with Crippen molar-refractivity contribution in [2.45, 2.75) is 19.9 Å². The smallest absolute Gasteiger partial charge is 0.151 e. The first kappa shape index (κ1) is 17.4. The summed E-state index contributed by atoms with van der Waals surface area (Å²) in [6.07, 6.45) is 0. The third-order valence-electron chi connectivity index (χ3n) is 5.12. The van der Waals surface area contributed by atoms with Gasteiger partial charge in [0.1, 0.15) is 0 Å². The van der Waals surface area contributed by atoms with Crippen molar-refractivity contribution in [3.8, 4) is 0 Å². The molecule has 0 radical (unpaired) electrons. The van der Waals surface area contributed by atoms with E-state index >= 15 is 0 Å². The maximum atomic E-state index is 9.02. The molecular formula is C17H30N6O. The Bertz CT molecular complexity index is 492. The summed E-state index contributed by atoms with van der Waals surface area (Å²) in [7, 11) is 0. The molecule has 0 spiro atoms. The summed E-state index contributed by atoms with van der Waals surface area (Å²) in [5.74, 6) is 1.95. The van der Waals surface area contributed by atoms with Gasteiger partial charge in [-0.05, 0) is 26.0 Å². The normalized spacial score (nSPS) is 20.8. The quantitative estimate of drug-likeness (QED) is 0.821. The Kier molecular flexibility index (Phi) is 5.86. The zero-order chi connectivity index (χ0) is 16.9. The Morgan fingerprint density at radius 2 is 1.38 bits per heavy atom. The largest absolute Gasteiger partial charge is 0.395 e. The van der Waals surface area contributed by atoms with E-state index in [9.17, 15) is 0 Å². The van der Waals surface area contributed by atoms with Gasteiger partial charge in [-0.2, -0.15) is 0 Å². The number of hydrogen-bond donors (Lipinski definition) is 1. The molecule has 2 fully saturated rings. The van der Waals surface area contributed by atoms with E-state index in [-0.39, 0.29) is 6.61 Å². The molecule has 0 amide bonds. The summed E-state index contributed by atoms with van der Waals surface area (Å²) < 4.78 is 0. The maximum absolute atomic E-state index is 9.02. The Labute approximate surface area is 144 Å². The van der Waals surface area contributed by atoms with Gasteiger partial charge in [0, 0.05) is 64.9 Å². The van der Waals surface area contributed by atoms with E-state index in [2.05, 4.69) is 55.8 Å². The van der Waals surface area contributed by atoms with Crippen LogP contribution in [0.25, 0.3) is 0 Å². The van der Waals surface area contributed by atoms with E-state index in [1.807, 2.05) is 0 Å². The van der Waals surface area contributed by atoms with Crippen LogP contribution in [-0.2, 0) is 0 Å². The monoisotopic (exact) mass is 334 g/mol. The van der Waals surface area contributed by atoms with Crippen molar-refractivity contribution in [3.63, 3.8) is 0 Å². The summed E-state index contributed by atoms with van der Waals surface area (Å²) in [6.45, 7) is 13.6. The van der Waals surface area contributed by atoms with E-state index in [0.29, 0.717) is 6.04 Å². The van der Waals surface area contributed by atoms with Crippen molar-refractivity contribution in [1.82, 2.24) is 20.0 Å². The molecule has 24 heavy (non-hydrogen) atoms. The average molecular weight is 334 g/mol. The number of aliphatic hydroxyl groups is 1. The molecule has 7 nitrogen and oxygen atoms in total. The van der Waals surface area contributed by atoms with Crippen molar-refractivity contribution < 1.29 is 5.11 Å². The van der Waals surface area contributed by atoms with Crippen molar-refractivity contribution in [2.24, 2.45) is 0 Å². The molecule has 0 bridgehead atoms. The van der Waals surface area contributed by atoms with Crippen LogP contribution < -0.4 is 9.80 Å². The van der Waals surface area contributed by atoms with Crippen LogP contribution >= 0.6 is 0 Å². The predicted octanol–water partition coefficient (Wildman–Crippen LogP) is 0.121. The molecule has 1 aromatic rings. The lowest BCUT2D eigenvalue weighted by atomic mass is 10.2. The Hall–Kier alpha value is -1.44. The van der Waals surface area contributed by atoms with Gasteiger partial charge in [0.25, 0.3) is 0 Å². The molecule has 1 N–H and O–H groups in total. The van der Waals surface area contributed by atoms with Gasteiger partial charge in [0.15, 0.2) is 11.6 Å². The van der Waals surface area contributed by atoms with Gasteiger partial charge in [-0.1, -0.05) is 0 Å². The van der Waals surface area contributed by atoms with E-state index in [4.69, 9.17) is 5.11 Å². The van der Waals surface area contributed by atoms with Crippen molar-refractivity contribution in [1.29, 1.82) is 0 Å². The average Bonchev–Trinajstić information content (AvgIpc) is 2.63. The minimum atomic E-state index is 0.235. The van der Waals surface area contributed by atoms with E-state index in [1.54, 1.807) is 0 Å². The van der Waals surface area contributed by atoms with Crippen LogP contribution in [0, 0.1) is 0 Å². The molecule has 134 valence electrons. The lowest BCUT2D eigenvalue weighted by Crippen LogP contribution is -2.49. The van der Waals surface area contributed by atoms with Gasteiger partial charge in [0.05, 0.1) is 6.61 Å². The second kappa shape index (κ2) is 8.09. The molecule has 1 aromatic heterocycles. The summed E-state index contributed by atoms with van der Waals surface area (Å²) in [5, 5.41) is 17.9. The van der Waals surface area contributed by atoms with Crippen LogP contribution in [0.15, 0.2) is 12.1 Å². The molecule has 3 rings (SSSR count). The van der Waals surface area contributed by atoms with Crippen molar-refractivity contribution in [2.75, 3.05) is 75.3 Å². The number of aromatic nitrogens is 2. The van der Waals surface area contributed by atoms with E-state index < -0.39 is 0 Å². The standard InChI is InChI=1S/C17H30N6O/c1-15(2)21-9-11-23(12-10-21)17-4-3-16(18-19-17)22-7-5-20(6-8-22)13-14-24/h3-4,15,24H,5-14H2,1-2H3. The first-order valence-electron chi connectivity index (χ1n) is 9.08. The fourth-order valence-electron chi connectivity index (χ4n) is 3.46. The summed E-state index contributed by atoms with van der Waals surface area (Å²) in [6, 6.07) is 4.82. The van der Waals surface area contributed by atoms with Crippen LogP contribution in [0.2, 0.25) is 0 Å². The molecule has 0 atom stereocenters. The van der Waals surface area contributed by atoms with Gasteiger partial charge in [0.2, 0.25) is 0 Å². The lowest BCUT2D eigenvalue weighted by Gasteiger charge is -2.37. The van der Waals surface area contributed by atoms with Gasteiger partial charge in [-0.15, -0.1) is 10.2 Å². The second-order valence-corrected chi connectivity index (χ2v) is 6.92. The Morgan fingerprint density at radius 3 is 1.79 bits per heavy atom.